The Labute approximate surface area is 94.3 Å². The number of rotatable bonds is 2. The highest BCUT2D eigenvalue weighted by atomic mass is 32.2. The Balaban J connectivity index is 2.01. The van der Waals surface area contributed by atoms with Gasteiger partial charge in [0.1, 0.15) is 0 Å². The quantitative estimate of drug-likeness (QED) is 0.782. The van der Waals surface area contributed by atoms with Crippen molar-refractivity contribution >= 4 is 11.8 Å². The molecule has 0 radical (unpaired) electrons. The lowest BCUT2D eigenvalue weighted by Crippen LogP contribution is -2.26. The van der Waals surface area contributed by atoms with E-state index in [-0.39, 0.29) is 11.4 Å². The minimum absolute atomic E-state index is 0.187. The summed E-state index contributed by atoms with van der Waals surface area (Å²) in [5, 5.41) is 10.9. The standard InChI is InChI=1S/C11H16N2OS/c1-8-6-7-12-11(13-8)15-10-5-3-2-4-9(10)14/h6-7,9-10,14H,2-5H2,1H3/t9-,10-/m1/s1. The largest absolute Gasteiger partial charge is 0.392 e. The van der Waals surface area contributed by atoms with Gasteiger partial charge in [0.15, 0.2) is 5.16 Å². The van der Waals surface area contributed by atoms with Gasteiger partial charge >= 0.3 is 0 Å². The molecule has 1 aromatic rings. The number of aromatic nitrogens is 2. The van der Waals surface area contributed by atoms with Crippen LogP contribution >= 0.6 is 11.8 Å². The highest BCUT2D eigenvalue weighted by molar-refractivity contribution is 7.99. The smallest absolute Gasteiger partial charge is 0.188 e. The number of nitrogens with zero attached hydrogens (tertiary/aromatic N) is 2. The van der Waals surface area contributed by atoms with E-state index in [2.05, 4.69) is 9.97 Å². The third kappa shape index (κ3) is 2.92. The van der Waals surface area contributed by atoms with Crippen molar-refractivity contribution in [1.82, 2.24) is 9.97 Å². The topological polar surface area (TPSA) is 46.0 Å². The van der Waals surface area contributed by atoms with Gasteiger partial charge in [0.25, 0.3) is 0 Å². The maximum Gasteiger partial charge on any atom is 0.188 e. The van der Waals surface area contributed by atoms with Gasteiger partial charge < -0.3 is 5.11 Å². The zero-order valence-corrected chi connectivity index (χ0v) is 9.70. The fraction of sp³-hybridized carbons (Fsp3) is 0.636. The summed E-state index contributed by atoms with van der Waals surface area (Å²) in [4.78, 5) is 8.55. The van der Waals surface area contributed by atoms with Gasteiger partial charge in [-0.05, 0) is 25.8 Å². The van der Waals surface area contributed by atoms with Crippen molar-refractivity contribution in [2.75, 3.05) is 0 Å². The van der Waals surface area contributed by atoms with E-state index in [1.54, 1.807) is 18.0 Å². The van der Waals surface area contributed by atoms with Gasteiger partial charge in [-0.25, -0.2) is 9.97 Å². The number of aliphatic hydroxyl groups is 1. The Kier molecular flexibility index (Phi) is 3.59. The Morgan fingerprint density at radius 2 is 2.20 bits per heavy atom. The number of aryl methyl sites for hydroxylation is 1. The van der Waals surface area contributed by atoms with Gasteiger partial charge in [0.05, 0.1) is 6.10 Å². The molecule has 2 rings (SSSR count). The Morgan fingerprint density at radius 3 is 2.93 bits per heavy atom. The molecule has 0 unspecified atom stereocenters. The minimum atomic E-state index is -0.187. The highest BCUT2D eigenvalue weighted by Crippen LogP contribution is 2.31. The molecule has 0 spiro atoms. The summed E-state index contributed by atoms with van der Waals surface area (Å²) in [6.07, 6.45) is 5.94. The third-order valence-corrected chi connectivity index (χ3v) is 3.96. The second-order valence-electron chi connectivity index (χ2n) is 3.99. The molecule has 15 heavy (non-hydrogen) atoms. The van der Waals surface area contributed by atoms with Crippen LogP contribution in [0.15, 0.2) is 17.4 Å². The molecule has 0 aliphatic heterocycles. The molecule has 1 saturated carbocycles. The molecule has 82 valence electrons. The second-order valence-corrected chi connectivity index (χ2v) is 5.20. The lowest BCUT2D eigenvalue weighted by atomic mass is 9.97. The monoisotopic (exact) mass is 224 g/mol. The van der Waals surface area contributed by atoms with Crippen LogP contribution in [0.4, 0.5) is 0 Å². The Bertz CT molecular complexity index is 332. The number of hydrogen-bond donors (Lipinski definition) is 1. The molecule has 0 bridgehead atoms. The van der Waals surface area contributed by atoms with Gasteiger partial charge in [-0.3, -0.25) is 0 Å². The van der Waals surface area contributed by atoms with Gasteiger partial charge in [-0.2, -0.15) is 0 Å². The molecule has 1 heterocycles. The molecule has 4 heteroatoms. The van der Waals surface area contributed by atoms with Crippen molar-refractivity contribution in [2.24, 2.45) is 0 Å². The summed E-state index contributed by atoms with van der Waals surface area (Å²) in [5.41, 5.74) is 0.984. The average molecular weight is 224 g/mol. The van der Waals surface area contributed by atoms with Crippen molar-refractivity contribution in [1.29, 1.82) is 0 Å². The SMILES string of the molecule is Cc1ccnc(S[C@@H]2CCCC[C@H]2O)n1. The van der Waals surface area contributed by atoms with Crippen LogP contribution in [0.5, 0.6) is 0 Å². The van der Waals surface area contributed by atoms with Gasteiger partial charge in [0.2, 0.25) is 0 Å². The first-order chi connectivity index (χ1) is 7.25. The predicted octanol–water partition coefficient (Wildman–Crippen LogP) is 2.18. The zero-order chi connectivity index (χ0) is 10.7. The van der Waals surface area contributed by atoms with Crippen molar-refractivity contribution in [3.8, 4) is 0 Å². The molecule has 1 aromatic heterocycles. The van der Waals surface area contributed by atoms with E-state index in [0.29, 0.717) is 0 Å². The van der Waals surface area contributed by atoms with Gasteiger partial charge in [0, 0.05) is 17.1 Å². The summed E-state index contributed by atoms with van der Waals surface area (Å²) in [7, 11) is 0. The molecular formula is C11H16N2OS. The van der Waals surface area contributed by atoms with E-state index < -0.39 is 0 Å². The normalized spacial score (nSPS) is 26.5. The van der Waals surface area contributed by atoms with Crippen LogP contribution in [0.3, 0.4) is 0 Å². The lowest BCUT2D eigenvalue weighted by Gasteiger charge is -2.26. The van der Waals surface area contributed by atoms with Crippen LogP contribution in [-0.4, -0.2) is 26.4 Å². The Morgan fingerprint density at radius 1 is 1.40 bits per heavy atom. The molecule has 2 atom stereocenters. The third-order valence-electron chi connectivity index (χ3n) is 2.70. The van der Waals surface area contributed by atoms with Crippen LogP contribution in [0.2, 0.25) is 0 Å². The maximum atomic E-state index is 9.82. The molecule has 0 amide bonds. The van der Waals surface area contributed by atoms with E-state index in [1.165, 1.54) is 6.42 Å². The van der Waals surface area contributed by atoms with Gasteiger partial charge in [-0.15, -0.1) is 0 Å². The molecule has 1 aliphatic rings. The first kappa shape index (κ1) is 10.9. The maximum absolute atomic E-state index is 9.82. The fourth-order valence-corrected chi connectivity index (χ4v) is 3.00. The lowest BCUT2D eigenvalue weighted by molar-refractivity contribution is 0.137. The average Bonchev–Trinajstić information content (AvgIpc) is 2.22. The van der Waals surface area contributed by atoms with E-state index in [1.807, 2.05) is 13.0 Å². The van der Waals surface area contributed by atoms with Crippen LogP contribution < -0.4 is 0 Å². The van der Waals surface area contributed by atoms with Crippen molar-refractivity contribution < 1.29 is 5.11 Å². The van der Waals surface area contributed by atoms with E-state index in [4.69, 9.17) is 0 Å². The zero-order valence-electron chi connectivity index (χ0n) is 8.89. The highest BCUT2D eigenvalue weighted by Gasteiger charge is 2.24. The molecule has 0 aromatic carbocycles. The van der Waals surface area contributed by atoms with Crippen LogP contribution in [0, 0.1) is 6.92 Å². The second kappa shape index (κ2) is 4.94. The fourth-order valence-electron chi connectivity index (χ4n) is 1.83. The molecule has 1 aliphatic carbocycles. The number of aliphatic hydroxyl groups excluding tert-OH is 1. The van der Waals surface area contributed by atoms with Crippen LogP contribution in [0.1, 0.15) is 31.4 Å². The summed E-state index contributed by atoms with van der Waals surface area (Å²) in [6, 6.07) is 1.89. The van der Waals surface area contributed by atoms with Crippen LogP contribution in [-0.2, 0) is 0 Å². The summed E-state index contributed by atoms with van der Waals surface area (Å²) in [6.45, 7) is 1.96. The molecular weight excluding hydrogens is 208 g/mol. The number of thioether (sulfide) groups is 1. The number of hydrogen-bond acceptors (Lipinski definition) is 4. The Hall–Kier alpha value is -0.610. The predicted molar refractivity (Wildman–Crippen MR) is 60.9 cm³/mol. The van der Waals surface area contributed by atoms with E-state index in [9.17, 15) is 5.11 Å². The summed E-state index contributed by atoms with van der Waals surface area (Å²) < 4.78 is 0. The molecule has 0 saturated heterocycles. The first-order valence-corrected chi connectivity index (χ1v) is 6.28. The van der Waals surface area contributed by atoms with Crippen molar-refractivity contribution in [3.63, 3.8) is 0 Å². The summed E-state index contributed by atoms with van der Waals surface area (Å²) >= 11 is 1.61. The molecule has 1 fully saturated rings. The van der Waals surface area contributed by atoms with Gasteiger partial charge in [-0.1, -0.05) is 24.6 Å². The first-order valence-electron chi connectivity index (χ1n) is 5.40. The van der Waals surface area contributed by atoms with Crippen molar-refractivity contribution in [2.45, 2.75) is 49.1 Å². The van der Waals surface area contributed by atoms with E-state index in [0.717, 1.165) is 30.1 Å². The van der Waals surface area contributed by atoms with Crippen molar-refractivity contribution in [3.05, 3.63) is 18.0 Å². The molecule has 1 N–H and O–H groups in total. The van der Waals surface area contributed by atoms with E-state index >= 15 is 0 Å². The minimum Gasteiger partial charge on any atom is -0.392 e. The summed E-state index contributed by atoms with van der Waals surface area (Å²) in [5.74, 6) is 0. The molecule has 3 nitrogen and oxygen atoms in total. The van der Waals surface area contributed by atoms with Crippen LogP contribution in [0.25, 0.3) is 0 Å².